The predicted octanol–water partition coefficient (Wildman–Crippen LogP) is 3.42. The van der Waals surface area contributed by atoms with Gasteiger partial charge in [-0.05, 0) is 29.3 Å². The molecule has 0 aliphatic heterocycles. The molecule has 2 aromatic carbocycles. The lowest BCUT2D eigenvalue weighted by molar-refractivity contribution is -0.117. The maximum Gasteiger partial charge on any atom is 0.142 e. The summed E-state index contributed by atoms with van der Waals surface area (Å²) < 4.78 is 13.2. The Morgan fingerprint density at radius 1 is 1.11 bits per heavy atom. The number of nitrogen functional groups attached to an aromatic ring is 1. The highest BCUT2D eigenvalue weighted by Gasteiger charge is 2.10. The van der Waals surface area contributed by atoms with Crippen molar-refractivity contribution in [1.82, 2.24) is 0 Å². The van der Waals surface area contributed by atoms with Crippen LogP contribution >= 0.6 is 11.6 Å². The maximum atomic E-state index is 13.2. The summed E-state index contributed by atoms with van der Waals surface area (Å²) in [6, 6.07) is 11.6. The Morgan fingerprint density at radius 3 is 2.47 bits per heavy atom. The fourth-order valence-electron chi connectivity index (χ4n) is 1.82. The number of anilines is 1. The number of halogens is 2. The standard InChI is InChI=1S/C15H13ClFNO/c16-15-11(2-1-3-14(15)17)9-13(19)8-10-4-6-12(18)7-5-10/h1-7H,8-9,18H2. The maximum absolute atomic E-state index is 13.2. The summed E-state index contributed by atoms with van der Waals surface area (Å²) in [6.45, 7) is 0. The van der Waals surface area contributed by atoms with Gasteiger partial charge in [-0.25, -0.2) is 4.39 Å². The first-order valence-electron chi connectivity index (χ1n) is 5.85. The number of benzene rings is 2. The second kappa shape index (κ2) is 5.85. The van der Waals surface area contributed by atoms with Crippen molar-refractivity contribution in [3.8, 4) is 0 Å². The Kier molecular flexibility index (Phi) is 4.17. The van der Waals surface area contributed by atoms with Crippen molar-refractivity contribution < 1.29 is 9.18 Å². The van der Waals surface area contributed by atoms with Crippen molar-refractivity contribution >= 4 is 23.1 Å². The van der Waals surface area contributed by atoms with Gasteiger partial charge in [0, 0.05) is 18.5 Å². The van der Waals surface area contributed by atoms with E-state index in [1.54, 1.807) is 36.4 Å². The Bertz CT molecular complexity index is 596. The highest BCUT2D eigenvalue weighted by atomic mass is 35.5. The molecule has 0 aliphatic carbocycles. The largest absolute Gasteiger partial charge is 0.399 e. The van der Waals surface area contributed by atoms with Crippen LogP contribution in [0.3, 0.4) is 0 Å². The van der Waals surface area contributed by atoms with Crippen LogP contribution in [0.25, 0.3) is 0 Å². The molecule has 0 radical (unpaired) electrons. The molecule has 19 heavy (non-hydrogen) atoms. The molecule has 0 amide bonds. The number of nitrogens with two attached hydrogens (primary N) is 1. The van der Waals surface area contributed by atoms with Gasteiger partial charge >= 0.3 is 0 Å². The van der Waals surface area contributed by atoms with Crippen molar-refractivity contribution in [1.29, 1.82) is 0 Å². The van der Waals surface area contributed by atoms with Crippen molar-refractivity contribution in [2.24, 2.45) is 0 Å². The van der Waals surface area contributed by atoms with Gasteiger partial charge in [-0.2, -0.15) is 0 Å². The first-order valence-corrected chi connectivity index (χ1v) is 6.23. The van der Waals surface area contributed by atoms with Crippen LogP contribution in [0, 0.1) is 5.82 Å². The second-order valence-electron chi connectivity index (χ2n) is 4.35. The van der Waals surface area contributed by atoms with Crippen LogP contribution in [-0.4, -0.2) is 5.78 Å². The molecule has 0 aliphatic rings. The Labute approximate surface area is 116 Å². The van der Waals surface area contributed by atoms with Crippen LogP contribution < -0.4 is 5.73 Å². The third kappa shape index (κ3) is 3.55. The third-order valence-electron chi connectivity index (χ3n) is 2.80. The van der Waals surface area contributed by atoms with E-state index in [0.717, 1.165) is 5.56 Å². The topological polar surface area (TPSA) is 43.1 Å². The fraction of sp³-hybridized carbons (Fsp3) is 0.133. The molecule has 0 aromatic heterocycles. The van der Waals surface area contributed by atoms with Gasteiger partial charge in [-0.3, -0.25) is 4.79 Å². The molecule has 2 aromatic rings. The lowest BCUT2D eigenvalue weighted by Gasteiger charge is -2.05. The highest BCUT2D eigenvalue weighted by Crippen LogP contribution is 2.20. The molecule has 98 valence electrons. The molecule has 2 N–H and O–H groups in total. The van der Waals surface area contributed by atoms with Gasteiger partial charge in [-0.1, -0.05) is 35.9 Å². The van der Waals surface area contributed by atoms with E-state index < -0.39 is 5.82 Å². The van der Waals surface area contributed by atoms with E-state index in [4.69, 9.17) is 17.3 Å². The Morgan fingerprint density at radius 2 is 1.79 bits per heavy atom. The minimum atomic E-state index is -0.501. The van der Waals surface area contributed by atoms with Gasteiger partial charge in [0.2, 0.25) is 0 Å². The molecule has 0 bridgehead atoms. The van der Waals surface area contributed by atoms with E-state index in [1.165, 1.54) is 6.07 Å². The first kappa shape index (κ1) is 13.6. The summed E-state index contributed by atoms with van der Waals surface area (Å²) in [7, 11) is 0. The zero-order valence-electron chi connectivity index (χ0n) is 10.2. The number of carbonyl (C=O) groups excluding carboxylic acids is 1. The highest BCUT2D eigenvalue weighted by molar-refractivity contribution is 6.31. The summed E-state index contributed by atoms with van der Waals surface area (Å²) in [5.74, 6) is -0.517. The summed E-state index contributed by atoms with van der Waals surface area (Å²) in [6.07, 6.45) is 0.411. The number of hydrogen-bond acceptors (Lipinski definition) is 2. The lowest BCUT2D eigenvalue weighted by atomic mass is 10.0. The molecule has 0 spiro atoms. The zero-order chi connectivity index (χ0) is 13.8. The quantitative estimate of drug-likeness (QED) is 0.870. The number of carbonyl (C=O) groups is 1. The van der Waals surface area contributed by atoms with Gasteiger partial charge in [-0.15, -0.1) is 0 Å². The molecule has 0 saturated heterocycles. The normalized spacial score (nSPS) is 10.4. The predicted molar refractivity (Wildman–Crippen MR) is 74.7 cm³/mol. The van der Waals surface area contributed by atoms with Crippen molar-refractivity contribution in [3.63, 3.8) is 0 Å². The van der Waals surface area contributed by atoms with Crippen LogP contribution in [0.1, 0.15) is 11.1 Å². The van der Waals surface area contributed by atoms with E-state index in [9.17, 15) is 9.18 Å². The minimum absolute atomic E-state index is 0.0164. The molecule has 0 atom stereocenters. The van der Waals surface area contributed by atoms with E-state index >= 15 is 0 Å². The average molecular weight is 278 g/mol. The van der Waals surface area contributed by atoms with Gasteiger partial charge < -0.3 is 5.73 Å². The van der Waals surface area contributed by atoms with Gasteiger partial charge in [0.1, 0.15) is 11.6 Å². The third-order valence-corrected chi connectivity index (χ3v) is 3.22. The molecule has 0 unspecified atom stereocenters. The lowest BCUT2D eigenvalue weighted by Crippen LogP contribution is -2.07. The fourth-order valence-corrected chi connectivity index (χ4v) is 2.02. The van der Waals surface area contributed by atoms with Crippen molar-refractivity contribution in [2.75, 3.05) is 5.73 Å². The van der Waals surface area contributed by atoms with Gasteiger partial charge in [0.05, 0.1) is 5.02 Å². The van der Waals surface area contributed by atoms with Crippen molar-refractivity contribution in [3.05, 3.63) is 64.4 Å². The Hall–Kier alpha value is -1.87. The molecular weight excluding hydrogens is 265 g/mol. The monoisotopic (exact) mass is 277 g/mol. The summed E-state index contributed by atoms with van der Waals surface area (Å²) in [5, 5.41) is 0.0214. The van der Waals surface area contributed by atoms with Crippen molar-refractivity contribution in [2.45, 2.75) is 12.8 Å². The molecule has 4 heteroatoms. The average Bonchev–Trinajstić information content (AvgIpc) is 2.38. The van der Waals surface area contributed by atoms with E-state index in [0.29, 0.717) is 11.3 Å². The minimum Gasteiger partial charge on any atom is -0.399 e. The van der Waals surface area contributed by atoms with Gasteiger partial charge in [0.15, 0.2) is 0 Å². The smallest absolute Gasteiger partial charge is 0.142 e. The van der Waals surface area contributed by atoms with Crippen LogP contribution in [0.4, 0.5) is 10.1 Å². The van der Waals surface area contributed by atoms with Crippen LogP contribution in [0.2, 0.25) is 5.02 Å². The zero-order valence-corrected chi connectivity index (χ0v) is 11.0. The second-order valence-corrected chi connectivity index (χ2v) is 4.72. The van der Waals surface area contributed by atoms with E-state index in [1.807, 2.05) is 0 Å². The Balaban J connectivity index is 2.05. The molecule has 2 nitrogen and oxygen atoms in total. The number of ketones is 1. The molecular formula is C15H13ClFNO. The van der Waals surface area contributed by atoms with Crippen LogP contribution in [0.5, 0.6) is 0 Å². The first-order chi connectivity index (χ1) is 9.06. The van der Waals surface area contributed by atoms with Crippen LogP contribution in [0.15, 0.2) is 42.5 Å². The van der Waals surface area contributed by atoms with E-state index in [-0.39, 0.29) is 23.6 Å². The van der Waals surface area contributed by atoms with E-state index in [2.05, 4.69) is 0 Å². The summed E-state index contributed by atoms with van der Waals surface area (Å²) in [4.78, 5) is 11.9. The van der Waals surface area contributed by atoms with Crippen LogP contribution in [-0.2, 0) is 17.6 Å². The van der Waals surface area contributed by atoms with Gasteiger partial charge in [0.25, 0.3) is 0 Å². The molecule has 0 heterocycles. The number of hydrogen-bond donors (Lipinski definition) is 1. The summed E-state index contributed by atoms with van der Waals surface area (Å²) >= 11 is 5.82. The number of Topliss-reactive ketones (excluding diaryl/α,β-unsaturated/α-hetero) is 1. The molecule has 0 fully saturated rings. The number of rotatable bonds is 4. The summed E-state index contributed by atoms with van der Waals surface area (Å²) in [5.41, 5.74) is 7.63. The SMILES string of the molecule is Nc1ccc(CC(=O)Cc2cccc(F)c2Cl)cc1. The molecule has 0 saturated carbocycles. The molecule has 2 rings (SSSR count).